The van der Waals surface area contributed by atoms with Gasteiger partial charge in [-0.1, -0.05) is 12.1 Å². The highest BCUT2D eigenvalue weighted by molar-refractivity contribution is 6.09. The fraction of sp³-hybridized carbons (Fsp3) is 0.217. The molecule has 0 bridgehead atoms. The smallest absolute Gasteiger partial charge is 0.378 e. The lowest BCUT2D eigenvalue weighted by molar-refractivity contribution is -0.137. The monoisotopic (exact) mass is 468 g/mol. The van der Waals surface area contributed by atoms with E-state index in [-0.39, 0.29) is 11.2 Å². The van der Waals surface area contributed by atoms with Crippen molar-refractivity contribution in [2.45, 2.75) is 6.18 Å². The molecular formula is C23H19F3N6O2. The number of hydrogen-bond donors (Lipinski definition) is 1. The predicted molar refractivity (Wildman–Crippen MR) is 119 cm³/mol. The van der Waals surface area contributed by atoms with Crippen molar-refractivity contribution < 1.29 is 22.7 Å². The molecule has 1 aromatic carbocycles. The lowest BCUT2D eigenvalue weighted by Gasteiger charge is -2.30. The van der Waals surface area contributed by atoms with Gasteiger partial charge in [0.05, 0.1) is 53.8 Å². The number of pyridine rings is 1. The highest BCUT2D eigenvalue weighted by Crippen LogP contribution is 2.31. The number of anilines is 2. The van der Waals surface area contributed by atoms with Gasteiger partial charge in [0.2, 0.25) is 0 Å². The Morgan fingerprint density at radius 1 is 1.03 bits per heavy atom. The second kappa shape index (κ2) is 8.75. The molecule has 4 aromatic rings. The van der Waals surface area contributed by atoms with Crippen LogP contribution in [0.15, 0.2) is 61.2 Å². The summed E-state index contributed by atoms with van der Waals surface area (Å²) in [7, 11) is 0. The zero-order valence-corrected chi connectivity index (χ0v) is 17.8. The molecule has 174 valence electrons. The SMILES string of the molecule is O=C(Nc1cnccc1N1CCOCC1)c1ccnn2cc(-c3ccc(C(F)(F)F)cc3)nc12. The number of carbonyl (C=O) groups excluding carboxylic acids is 1. The van der Waals surface area contributed by atoms with E-state index in [0.717, 1.165) is 17.8 Å². The summed E-state index contributed by atoms with van der Waals surface area (Å²) in [5, 5.41) is 7.08. The molecule has 8 nitrogen and oxygen atoms in total. The first-order valence-electron chi connectivity index (χ1n) is 10.5. The largest absolute Gasteiger partial charge is 0.416 e. The second-order valence-electron chi connectivity index (χ2n) is 7.66. The number of carbonyl (C=O) groups is 1. The predicted octanol–water partition coefficient (Wildman–Crippen LogP) is 3.90. The molecule has 1 amide bonds. The molecule has 11 heteroatoms. The Bertz CT molecular complexity index is 1330. The number of benzene rings is 1. The van der Waals surface area contributed by atoms with Crippen molar-refractivity contribution in [2.75, 3.05) is 36.5 Å². The molecule has 1 N–H and O–H groups in total. The van der Waals surface area contributed by atoms with Crippen LogP contribution in [-0.4, -0.2) is 51.8 Å². The van der Waals surface area contributed by atoms with Gasteiger partial charge in [0.1, 0.15) is 0 Å². The summed E-state index contributed by atoms with van der Waals surface area (Å²) < 4.78 is 45.4. The van der Waals surface area contributed by atoms with Gasteiger partial charge in [-0.2, -0.15) is 18.3 Å². The average molecular weight is 468 g/mol. The van der Waals surface area contributed by atoms with Crippen molar-refractivity contribution in [1.29, 1.82) is 0 Å². The van der Waals surface area contributed by atoms with Crippen LogP contribution in [0, 0.1) is 0 Å². The second-order valence-corrected chi connectivity index (χ2v) is 7.66. The molecule has 0 aliphatic carbocycles. The first kappa shape index (κ1) is 21.8. The van der Waals surface area contributed by atoms with Gasteiger partial charge in [-0.25, -0.2) is 9.50 Å². The number of amides is 1. The van der Waals surface area contributed by atoms with Crippen LogP contribution in [0.25, 0.3) is 16.9 Å². The summed E-state index contributed by atoms with van der Waals surface area (Å²) in [4.78, 5) is 23.9. The van der Waals surface area contributed by atoms with Crippen LogP contribution in [-0.2, 0) is 10.9 Å². The van der Waals surface area contributed by atoms with Gasteiger partial charge >= 0.3 is 6.18 Å². The number of morpholine rings is 1. The molecule has 1 aliphatic heterocycles. The van der Waals surface area contributed by atoms with Crippen LogP contribution in [0.2, 0.25) is 0 Å². The maximum atomic E-state index is 13.2. The lowest BCUT2D eigenvalue weighted by Crippen LogP contribution is -2.36. The van der Waals surface area contributed by atoms with Crippen LogP contribution < -0.4 is 10.2 Å². The van der Waals surface area contributed by atoms with E-state index in [1.165, 1.54) is 22.8 Å². The first-order valence-corrected chi connectivity index (χ1v) is 10.5. The third kappa shape index (κ3) is 4.29. The fourth-order valence-electron chi connectivity index (χ4n) is 3.80. The van der Waals surface area contributed by atoms with Crippen molar-refractivity contribution in [2.24, 2.45) is 0 Å². The number of halogens is 3. The molecule has 3 aromatic heterocycles. The Labute approximate surface area is 192 Å². The third-order valence-electron chi connectivity index (χ3n) is 5.51. The van der Waals surface area contributed by atoms with E-state index in [9.17, 15) is 18.0 Å². The molecule has 1 fully saturated rings. The zero-order valence-electron chi connectivity index (χ0n) is 17.8. The zero-order chi connectivity index (χ0) is 23.7. The standard InChI is InChI=1S/C23H19F3N6O2/c24-23(25,26)16-3-1-15(2-4-16)19-14-32-21(29-19)17(5-8-28-32)22(33)30-18-13-27-7-6-20(18)31-9-11-34-12-10-31/h1-8,13-14H,9-12H2,(H,30,33). The summed E-state index contributed by atoms with van der Waals surface area (Å²) in [6.07, 6.45) is 1.86. The van der Waals surface area contributed by atoms with Crippen LogP contribution in [0.4, 0.5) is 24.5 Å². The Kier molecular flexibility index (Phi) is 5.62. The molecule has 0 atom stereocenters. The molecule has 1 aliphatic rings. The summed E-state index contributed by atoms with van der Waals surface area (Å²) in [6, 6.07) is 8.05. The van der Waals surface area contributed by atoms with Crippen molar-refractivity contribution in [3.05, 3.63) is 72.3 Å². The van der Waals surface area contributed by atoms with Crippen molar-refractivity contribution in [3.63, 3.8) is 0 Å². The third-order valence-corrected chi connectivity index (χ3v) is 5.51. The maximum absolute atomic E-state index is 13.2. The Morgan fingerprint density at radius 3 is 2.53 bits per heavy atom. The van der Waals surface area contributed by atoms with E-state index in [2.05, 4.69) is 25.3 Å². The van der Waals surface area contributed by atoms with E-state index in [0.29, 0.717) is 43.2 Å². The molecule has 0 unspecified atom stereocenters. The number of imidazole rings is 1. The van der Waals surface area contributed by atoms with E-state index in [4.69, 9.17) is 4.74 Å². The Balaban J connectivity index is 1.44. The summed E-state index contributed by atoms with van der Waals surface area (Å²) >= 11 is 0. The van der Waals surface area contributed by atoms with Crippen molar-refractivity contribution in [1.82, 2.24) is 19.6 Å². The molecule has 4 heterocycles. The van der Waals surface area contributed by atoms with E-state index in [1.54, 1.807) is 24.7 Å². The van der Waals surface area contributed by atoms with Crippen molar-refractivity contribution >= 4 is 22.9 Å². The number of rotatable bonds is 4. The van der Waals surface area contributed by atoms with Crippen LogP contribution in [0.5, 0.6) is 0 Å². The minimum Gasteiger partial charge on any atom is -0.378 e. The molecule has 0 spiro atoms. The summed E-state index contributed by atoms with van der Waals surface area (Å²) in [5.74, 6) is -0.403. The number of nitrogens with one attached hydrogen (secondary N) is 1. The number of alkyl halides is 3. The van der Waals surface area contributed by atoms with Crippen LogP contribution in [0.1, 0.15) is 15.9 Å². The van der Waals surface area contributed by atoms with Crippen molar-refractivity contribution in [3.8, 4) is 11.3 Å². The van der Waals surface area contributed by atoms with Gasteiger partial charge in [-0.3, -0.25) is 9.78 Å². The molecule has 5 rings (SSSR count). The van der Waals surface area contributed by atoms with E-state index in [1.807, 2.05) is 6.07 Å². The molecule has 0 saturated carbocycles. The van der Waals surface area contributed by atoms with Gasteiger partial charge < -0.3 is 15.0 Å². The molecule has 1 saturated heterocycles. The minimum atomic E-state index is -4.42. The van der Waals surface area contributed by atoms with Gasteiger partial charge in [0.25, 0.3) is 5.91 Å². The number of nitrogens with zero attached hydrogens (tertiary/aromatic N) is 5. The number of ether oxygens (including phenoxy) is 1. The average Bonchev–Trinajstić information content (AvgIpc) is 3.29. The number of fused-ring (bicyclic) bond motifs is 1. The normalized spacial score (nSPS) is 14.4. The number of hydrogen-bond acceptors (Lipinski definition) is 6. The molecular weight excluding hydrogens is 449 g/mol. The quantitative estimate of drug-likeness (QED) is 0.489. The highest BCUT2D eigenvalue weighted by atomic mass is 19.4. The summed E-state index contributed by atoms with van der Waals surface area (Å²) in [5.41, 5.74) is 2.08. The Hall–Kier alpha value is -3.99. The minimum absolute atomic E-state index is 0.268. The first-order chi connectivity index (χ1) is 16.4. The molecule has 34 heavy (non-hydrogen) atoms. The van der Waals surface area contributed by atoms with Gasteiger partial charge in [0.15, 0.2) is 5.65 Å². The van der Waals surface area contributed by atoms with E-state index < -0.39 is 17.6 Å². The van der Waals surface area contributed by atoms with Crippen LogP contribution in [0.3, 0.4) is 0 Å². The summed E-state index contributed by atoms with van der Waals surface area (Å²) in [6.45, 7) is 2.59. The molecule has 0 radical (unpaired) electrons. The van der Waals surface area contributed by atoms with Gasteiger partial charge in [-0.15, -0.1) is 0 Å². The van der Waals surface area contributed by atoms with E-state index >= 15 is 0 Å². The number of aromatic nitrogens is 4. The fourth-order valence-corrected chi connectivity index (χ4v) is 3.80. The Morgan fingerprint density at radius 2 is 1.79 bits per heavy atom. The maximum Gasteiger partial charge on any atom is 0.416 e. The lowest BCUT2D eigenvalue weighted by atomic mass is 10.1. The highest BCUT2D eigenvalue weighted by Gasteiger charge is 2.30. The van der Waals surface area contributed by atoms with Gasteiger partial charge in [0, 0.05) is 31.0 Å². The topological polar surface area (TPSA) is 84.7 Å². The van der Waals surface area contributed by atoms with Crippen LogP contribution >= 0.6 is 0 Å². The van der Waals surface area contributed by atoms with Gasteiger partial charge in [-0.05, 0) is 24.3 Å².